The van der Waals surface area contributed by atoms with Crippen molar-refractivity contribution >= 4 is 33.0 Å². The molecular formula is C11H12BrN3OS. The van der Waals surface area contributed by atoms with E-state index in [1.807, 2.05) is 30.4 Å². The van der Waals surface area contributed by atoms with Gasteiger partial charge in [0.1, 0.15) is 0 Å². The third kappa shape index (κ3) is 2.76. The van der Waals surface area contributed by atoms with E-state index in [-0.39, 0.29) is 5.56 Å². The maximum absolute atomic E-state index is 11.8. The topological polar surface area (TPSA) is 38.1 Å². The number of thiophene rings is 1. The highest BCUT2D eigenvalue weighted by atomic mass is 79.9. The molecule has 0 aliphatic carbocycles. The average molecular weight is 314 g/mol. The molecule has 0 amide bonds. The Kier molecular flexibility index (Phi) is 3.63. The summed E-state index contributed by atoms with van der Waals surface area (Å²) in [5, 5.41) is 6.15. The first-order valence-corrected chi connectivity index (χ1v) is 6.71. The Hall–Kier alpha value is -1.14. The maximum atomic E-state index is 11.8. The molecule has 4 nitrogen and oxygen atoms in total. The molecule has 6 heteroatoms. The van der Waals surface area contributed by atoms with Crippen LogP contribution in [0.15, 0.2) is 33.0 Å². The quantitative estimate of drug-likeness (QED) is 0.871. The van der Waals surface area contributed by atoms with Gasteiger partial charge in [-0.25, -0.2) is 4.68 Å². The van der Waals surface area contributed by atoms with Crippen molar-refractivity contribution in [1.82, 2.24) is 9.78 Å². The third-order valence-electron chi connectivity index (χ3n) is 2.36. The standard InChI is InChI=1S/C11H12BrN3OS/c1-14(2)8-5-11(16)15(13-6-8)7-10-9(12)3-4-17-10/h3-6H,7H2,1-2H3. The summed E-state index contributed by atoms with van der Waals surface area (Å²) in [7, 11) is 3.77. The molecule has 2 heterocycles. The van der Waals surface area contributed by atoms with Crippen molar-refractivity contribution in [2.75, 3.05) is 19.0 Å². The van der Waals surface area contributed by atoms with E-state index in [1.165, 1.54) is 4.68 Å². The van der Waals surface area contributed by atoms with E-state index in [2.05, 4.69) is 21.0 Å². The second-order valence-corrected chi connectivity index (χ2v) is 5.65. The van der Waals surface area contributed by atoms with E-state index in [4.69, 9.17) is 0 Å². The number of aromatic nitrogens is 2. The highest BCUT2D eigenvalue weighted by Gasteiger charge is 2.06. The van der Waals surface area contributed by atoms with Crippen LogP contribution in [0.1, 0.15) is 4.88 Å². The van der Waals surface area contributed by atoms with Gasteiger partial charge >= 0.3 is 0 Å². The van der Waals surface area contributed by atoms with Gasteiger partial charge in [-0.1, -0.05) is 0 Å². The van der Waals surface area contributed by atoms with Crippen LogP contribution >= 0.6 is 27.3 Å². The molecule has 2 rings (SSSR count). The molecular weight excluding hydrogens is 302 g/mol. The minimum atomic E-state index is -0.0866. The van der Waals surface area contributed by atoms with Crippen molar-refractivity contribution in [1.29, 1.82) is 0 Å². The summed E-state index contributed by atoms with van der Waals surface area (Å²) in [6, 6.07) is 3.56. The number of hydrogen-bond donors (Lipinski definition) is 0. The molecule has 0 atom stereocenters. The highest BCUT2D eigenvalue weighted by Crippen LogP contribution is 2.22. The normalized spacial score (nSPS) is 10.5. The van der Waals surface area contributed by atoms with Crippen molar-refractivity contribution in [2.24, 2.45) is 0 Å². The number of rotatable bonds is 3. The zero-order valence-corrected chi connectivity index (χ0v) is 12.0. The molecule has 0 unspecified atom stereocenters. The number of anilines is 1. The van der Waals surface area contributed by atoms with Gasteiger partial charge in [0.05, 0.1) is 18.4 Å². The molecule has 0 aliphatic rings. The lowest BCUT2D eigenvalue weighted by atomic mass is 10.4. The Morgan fingerprint density at radius 1 is 1.53 bits per heavy atom. The Bertz CT molecular complexity index is 576. The molecule has 0 N–H and O–H groups in total. The predicted octanol–water partition coefficient (Wildman–Crippen LogP) is 2.18. The van der Waals surface area contributed by atoms with Gasteiger partial charge in [0, 0.05) is 29.5 Å². The van der Waals surface area contributed by atoms with E-state index >= 15 is 0 Å². The van der Waals surface area contributed by atoms with Gasteiger partial charge in [-0.2, -0.15) is 5.10 Å². The van der Waals surface area contributed by atoms with Crippen molar-refractivity contribution in [3.63, 3.8) is 0 Å². The minimum absolute atomic E-state index is 0.0866. The fourth-order valence-corrected chi connectivity index (χ4v) is 2.82. The van der Waals surface area contributed by atoms with Crippen molar-refractivity contribution in [3.05, 3.63) is 43.4 Å². The smallest absolute Gasteiger partial charge is 0.269 e. The molecule has 0 fully saturated rings. The lowest BCUT2D eigenvalue weighted by Gasteiger charge is -2.12. The summed E-state index contributed by atoms with van der Waals surface area (Å²) in [5.41, 5.74) is 0.730. The van der Waals surface area contributed by atoms with Gasteiger partial charge in [0.25, 0.3) is 5.56 Å². The molecule has 2 aromatic rings. The number of hydrogen-bond acceptors (Lipinski definition) is 4. The Morgan fingerprint density at radius 3 is 2.82 bits per heavy atom. The maximum Gasteiger partial charge on any atom is 0.269 e. The van der Waals surface area contributed by atoms with Crippen LogP contribution in [0, 0.1) is 0 Å². The zero-order valence-electron chi connectivity index (χ0n) is 9.55. The largest absolute Gasteiger partial charge is 0.376 e. The molecule has 2 aromatic heterocycles. The summed E-state index contributed by atoms with van der Waals surface area (Å²) >= 11 is 5.05. The zero-order chi connectivity index (χ0) is 12.4. The summed E-state index contributed by atoms with van der Waals surface area (Å²) < 4.78 is 2.48. The minimum Gasteiger partial charge on any atom is -0.376 e. The SMILES string of the molecule is CN(C)c1cnn(Cc2sccc2Br)c(=O)c1. The van der Waals surface area contributed by atoms with Crippen LogP contribution in [0.5, 0.6) is 0 Å². The van der Waals surface area contributed by atoms with Crippen LogP contribution < -0.4 is 10.5 Å². The van der Waals surface area contributed by atoms with Crippen molar-refractivity contribution < 1.29 is 0 Å². The predicted molar refractivity (Wildman–Crippen MR) is 73.9 cm³/mol. The lowest BCUT2D eigenvalue weighted by Crippen LogP contribution is -2.24. The molecule has 17 heavy (non-hydrogen) atoms. The first-order chi connectivity index (χ1) is 8.08. The first kappa shape index (κ1) is 12.3. The average Bonchev–Trinajstić information content (AvgIpc) is 2.67. The third-order valence-corrected chi connectivity index (χ3v) is 4.27. The summed E-state index contributed by atoms with van der Waals surface area (Å²) in [6.07, 6.45) is 1.70. The van der Waals surface area contributed by atoms with Gasteiger partial charge in [-0.3, -0.25) is 4.79 Å². The molecule has 0 radical (unpaired) electrons. The molecule has 0 aliphatic heterocycles. The van der Waals surface area contributed by atoms with Gasteiger partial charge in [0.15, 0.2) is 0 Å². The van der Waals surface area contributed by atoms with E-state index < -0.39 is 0 Å². The van der Waals surface area contributed by atoms with Crippen LogP contribution in [0.4, 0.5) is 5.69 Å². The Labute approximate surface area is 112 Å². The van der Waals surface area contributed by atoms with Crippen LogP contribution in [-0.4, -0.2) is 23.9 Å². The molecule has 90 valence electrons. The van der Waals surface area contributed by atoms with Gasteiger partial charge in [0.2, 0.25) is 0 Å². The summed E-state index contributed by atoms with van der Waals surface area (Å²) in [4.78, 5) is 14.8. The second kappa shape index (κ2) is 5.01. The van der Waals surface area contributed by atoms with Crippen molar-refractivity contribution in [3.8, 4) is 0 Å². The number of nitrogens with zero attached hydrogens (tertiary/aromatic N) is 3. The molecule has 0 aromatic carbocycles. The van der Waals surface area contributed by atoms with E-state index in [0.29, 0.717) is 6.54 Å². The molecule has 0 saturated carbocycles. The Balaban J connectivity index is 2.29. The van der Waals surface area contributed by atoms with Gasteiger partial charge < -0.3 is 4.90 Å². The second-order valence-electron chi connectivity index (χ2n) is 3.80. The monoisotopic (exact) mass is 313 g/mol. The fourth-order valence-electron chi connectivity index (χ4n) is 1.36. The summed E-state index contributed by atoms with van der Waals surface area (Å²) in [5.74, 6) is 0. The van der Waals surface area contributed by atoms with E-state index in [9.17, 15) is 4.79 Å². The Morgan fingerprint density at radius 2 is 2.29 bits per heavy atom. The van der Waals surface area contributed by atoms with Crippen LogP contribution in [0.2, 0.25) is 0 Å². The summed E-state index contributed by atoms with van der Waals surface area (Å²) in [6.45, 7) is 0.505. The van der Waals surface area contributed by atoms with Gasteiger partial charge in [-0.05, 0) is 27.4 Å². The number of halogens is 1. The van der Waals surface area contributed by atoms with E-state index in [0.717, 1.165) is 15.0 Å². The van der Waals surface area contributed by atoms with Crippen molar-refractivity contribution in [2.45, 2.75) is 6.54 Å². The van der Waals surface area contributed by atoms with Crippen LogP contribution in [-0.2, 0) is 6.54 Å². The molecule has 0 spiro atoms. The first-order valence-electron chi connectivity index (χ1n) is 5.04. The van der Waals surface area contributed by atoms with Crippen LogP contribution in [0.3, 0.4) is 0 Å². The lowest BCUT2D eigenvalue weighted by molar-refractivity contribution is 0.643. The van der Waals surface area contributed by atoms with E-state index in [1.54, 1.807) is 23.6 Å². The van der Waals surface area contributed by atoms with Gasteiger partial charge in [-0.15, -0.1) is 11.3 Å². The fraction of sp³-hybridized carbons (Fsp3) is 0.273. The molecule has 0 saturated heterocycles. The highest BCUT2D eigenvalue weighted by molar-refractivity contribution is 9.10. The molecule has 0 bridgehead atoms. The van der Waals surface area contributed by atoms with Crippen LogP contribution in [0.25, 0.3) is 0 Å².